The van der Waals surface area contributed by atoms with Crippen LogP contribution in [0.4, 0.5) is 5.13 Å². The molecule has 5 nitrogen and oxygen atoms in total. The van der Waals surface area contributed by atoms with Gasteiger partial charge in [0.2, 0.25) is 0 Å². The molecule has 0 unspecified atom stereocenters. The summed E-state index contributed by atoms with van der Waals surface area (Å²) in [6.45, 7) is 12.5. The van der Waals surface area contributed by atoms with E-state index in [0.717, 1.165) is 44.3 Å². The molecular weight excluding hydrogens is 421 g/mol. The summed E-state index contributed by atoms with van der Waals surface area (Å²) in [4.78, 5) is 11.8. The molecule has 0 saturated carbocycles. The van der Waals surface area contributed by atoms with Crippen LogP contribution in [0.25, 0.3) is 0 Å². The quantitative estimate of drug-likeness (QED) is 0.410. The van der Waals surface area contributed by atoms with Crippen molar-refractivity contribution in [1.29, 1.82) is 0 Å². The van der Waals surface area contributed by atoms with Gasteiger partial charge in [0.05, 0.1) is 5.69 Å². The molecule has 7 heteroatoms. The summed E-state index contributed by atoms with van der Waals surface area (Å²) in [6, 6.07) is 0. The molecule has 1 aliphatic rings. The molecule has 0 spiro atoms. The van der Waals surface area contributed by atoms with Crippen LogP contribution in [-0.2, 0) is 6.42 Å². The van der Waals surface area contributed by atoms with Crippen molar-refractivity contribution in [1.82, 2.24) is 15.6 Å². The number of guanidine groups is 1. The highest BCUT2D eigenvalue weighted by atomic mass is 127. The summed E-state index contributed by atoms with van der Waals surface area (Å²) in [6.07, 6.45) is 3.48. The van der Waals surface area contributed by atoms with Crippen LogP contribution in [0, 0.1) is 0 Å². The minimum absolute atomic E-state index is 0. The molecule has 1 aliphatic heterocycles. The second-order valence-electron chi connectivity index (χ2n) is 6.70. The van der Waals surface area contributed by atoms with Gasteiger partial charge in [-0.3, -0.25) is 4.99 Å². The number of thiazole rings is 1. The Kier molecular flexibility index (Phi) is 8.60. The SMILES string of the molecule is CCNC(=NCCc1csc(N2CCCC2)n1)NC(C)(C)C.I. The van der Waals surface area contributed by atoms with Gasteiger partial charge in [-0.1, -0.05) is 0 Å². The monoisotopic (exact) mass is 451 g/mol. The average molecular weight is 451 g/mol. The predicted octanol–water partition coefficient (Wildman–Crippen LogP) is 3.26. The second-order valence-corrected chi connectivity index (χ2v) is 7.54. The lowest BCUT2D eigenvalue weighted by Gasteiger charge is -2.23. The maximum Gasteiger partial charge on any atom is 0.191 e. The molecule has 1 saturated heterocycles. The van der Waals surface area contributed by atoms with Crippen molar-refractivity contribution in [3.63, 3.8) is 0 Å². The van der Waals surface area contributed by atoms with E-state index in [2.05, 4.69) is 53.6 Å². The lowest BCUT2D eigenvalue weighted by Crippen LogP contribution is -2.47. The molecule has 1 fully saturated rings. The zero-order chi connectivity index (χ0) is 16.0. The summed E-state index contributed by atoms with van der Waals surface area (Å²) >= 11 is 1.76. The second kappa shape index (κ2) is 9.66. The van der Waals surface area contributed by atoms with E-state index in [1.165, 1.54) is 18.0 Å². The van der Waals surface area contributed by atoms with Gasteiger partial charge in [-0.05, 0) is 40.5 Å². The molecule has 0 amide bonds. The third-order valence-corrected chi connectivity index (χ3v) is 4.34. The summed E-state index contributed by atoms with van der Waals surface area (Å²) in [5.41, 5.74) is 1.17. The lowest BCUT2D eigenvalue weighted by atomic mass is 10.1. The molecule has 1 aromatic heterocycles. The highest BCUT2D eigenvalue weighted by molar-refractivity contribution is 14.0. The van der Waals surface area contributed by atoms with E-state index < -0.39 is 0 Å². The fourth-order valence-electron chi connectivity index (χ4n) is 2.41. The Labute approximate surface area is 161 Å². The number of aromatic nitrogens is 1. The number of anilines is 1. The summed E-state index contributed by atoms with van der Waals surface area (Å²) in [7, 11) is 0. The number of hydrogen-bond acceptors (Lipinski definition) is 4. The number of rotatable bonds is 5. The smallest absolute Gasteiger partial charge is 0.191 e. The fraction of sp³-hybridized carbons (Fsp3) is 0.750. The van der Waals surface area contributed by atoms with Crippen molar-refractivity contribution in [3.05, 3.63) is 11.1 Å². The van der Waals surface area contributed by atoms with E-state index in [4.69, 9.17) is 4.98 Å². The molecule has 0 aliphatic carbocycles. The van der Waals surface area contributed by atoms with Crippen molar-refractivity contribution in [2.45, 2.75) is 52.5 Å². The van der Waals surface area contributed by atoms with Crippen molar-refractivity contribution >= 4 is 46.4 Å². The van der Waals surface area contributed by atoms with Crippen LogP contribution in [0.5, 0.6) is 0 Å². The molecule has 0 atom stereocenters. The molecule has 23 heavy (non-hydrogen) atoms. The lowest BCUT2D eigenvalue weighted by molar-refractivity contribution is 0.501. The summed E-state index contributed by atoms with van der Waals surface area (Å²) in [5, 5.41) is 10.0. The van der Waals surface area contributed by atoms with E-state index in [0.29, 0.717) is 0 Å². The fourth-order valence-corrected chi connectivity index (χ4v) is 3.32. The molecule has 2 N–H and O–H groups in total. The van der Waals surface area contributed by atoms with E-state index in [1.54, 1.807) is 11.3 Å². The number of halogens is 1. The topological polar surface area (TPSA) is 52.6 Å². The maximum atomic E-state index is 4.74. The third kappa shape index (κ3) is 7.24. The highest BCUT2D eigenvalue weighted by Crippen LogP contribution is 2.24. The van der Waals surface area contributed by atoms with Crippen LogP contribution < -0.4 is 15.5 Å². The van der Waals surface area contributed by atoms with Crippen molar-refractivity contribution in [3.8, 4) is 0 Å². The Hall–Kier alpha value is -0.570. The normalized spacial score (nSPS) is 15.5. The maximum absolute atomic E-state index is 4.74. The predicted molar refractivity (Wildman–Crippen MR) is 112 cm³/mol. The Balaban J connectivity index is 0.00000264. The van der Waals surface area contributed by atoms with Crippen LogP contribution in [0.3, 0.4) is 0 Å². The first kappa shape index (κ1) is 20.5. The first-order valence-corrected chi connectivity index (χ1v) is 9.12. The van der Waals surface area contributed by atoms with Gasteiger partial charge in [0, 0.05) is 43.5 Å². The van der Waals surface area contributed by atoms with E-state index in [9.17, 15) is 0 Å². The number of nitrogens with zero attached hydrogens (tertiary/aromatic N) is 3. The molecule has 132 valence electrons. The minimum atomic E-state index is 0. The van der Waals surface area contributed by atoms with Crippen LogP contribution in [0.1, 0.15) is 46.2 Å². The Bertz CT molecular complexity index is 489. The Morgan fingerprint density at radius 2 is 2.04 bits per heavy atom. The standard InChI is InChI=1S/C16H29N5S.HI/c1-5-17-14(20-16(2,3)4)18-9-8-13-12-22-15(19-13)21-10-6-7-11-21;/h12H,5-11H2,1-4H3,(H2,17,18,20);1H. The van der Waals surface area contributed by atoms with Crippen molar-refractivity contribution < 1.29 is 0 Å². The molecule has 2 rings (SSSR count). The van der Waals surface area contributed by atoms with Gasteiger partial charge in [0.25, 0.3) is 0 Å². The first-order valence-electron chi connectivity index (χ1n) is 8.24. The van der Waals surface area contributed by atoms with Crippen LogP contribution in [0.2, 0.25) is 0 Å². The summed E-state index contributed by atoms with van der Waals surface area (Å²) in [5.74, 6) is 0.880. The molecule has 2 heterocycles. The Morgan fingerprint density at radius 1 is 1.35 bits per heavy atom. The van der Waals surface area contributed by atoms with Crippen LogP contribution in [0.15, 0.2) is 10.4 Å². The van der Waals surface area contributed by atoms with Gasteiger partial charge in [-0.15, -0.1) is 35.3 Å². The molecule has 1 aromatic rings. The van der Waals surface area contributed by atoms with Crippen molar-refractivity contribution in [2.24, 2.45) is 4.99 Å². The van der Waals surface area contributed by atoms with Crippen LogP contribution in [-0.4, -0.2) is 42.7 Å². The van der Waals surface area contributed by atoms with E-state index in [-0.39, 0.29) is 29.5 Å². The minimum Gasteiger partial charge on any atom is -0.357 e. The van der Waals surface area contributed by atoms with Crippen molar-refractivity contribution in [2.75, 3.05) is 31.1 Å². The molecular formula is C16H30IN5S. The number of hydrogen-bond donors (Lipinski definition) is 2. The Morgan fingerprint density at radius 3 is 2.65 bits per heavy atom. The number of aliphatic imine (C=N–C) groups is 1. The average Bonchev–Trinajstić information content (AvgIpc) is 3.07. The van der Waals surface area contributed by atoms with Gasteiger partial charge < -0.3 is 15.5 Å². The molecule has 0 bridgehead atoms. The zero-order valence-corrected chi connectivity index (χ0v) is 17.8. The van der Waals surface area contributed by atoms with Gasteiger partial charge in [0.1, 0.15) is 0 Å². The van der Waals surface area contributed by atoms with Gasteiger partial charge in [-0.2, -0.15) is 0 Å². The first-order chi connectivity index (χ1) is 10.5. The van der Waals surface area contributed by atoms with Gasteiger partial charge in [0.15, 0.2) is 11.1 Å². The van der Waals surface area contributed by atoms with Gasteiger partial charge in [-0.25, -0.2) is 4.98 Å². The van der Waals surface area contributed by atoms with Gasteiger partial charge >= 0.3 is 0 Å². The molecule has 0 radical (unpaired) electrons. The van der Waals surface area contributed by atoms with E-state index >= 15 is 0 Å². The highest BCUT2D eigenvalue weighted by Gasteiger charge is 2.15. The third-order valence-electron chi connectivity index (χ3n) is 3.39. The van der Waals surface area contributed by atoms with E-state index in [1.807, 2.05) is 0 Å². The summed E-state index contributed by atoms with van der Waals surface area (Å²) < 4.78 is 0. The number of nitrogens with one attached hydrogen (secondary N) is 2. The zero-order valence-electron chi connectivity index (χ0n) is 14.7. The van der Waals surface area contributed by atoms with Crippen LogP contribution >= 0.6 is 35.3 Å². The largest absolute Gasteiger partial charge is 0.357 e. The molecule has 0 aromatic carbocycles.